The lowest BCUT2D eigenvalue weighted by Gasteiger charge is -2.37. The summed E-state index contributed by atoms with van der Waals surface area (Å²) < 4.78 is 0. The summed E-state index contributed by atoms with van der Waals surface area (Å²) in [7, 11) is 0. The molecule has 0 unspecified atom stereocenters. The molecule has 3 nitrogen and oxygen atoms in total. The van der Waals surface area contributed by atoms with Gasteiger partial charge in [-0.15, -0.1) is 0 Å². The molecule has 2 rings (SSSR count). The maximum Gasteiger partial charge on any atom is 0.0558 e. The second-order valence-electron chi connectivity index (χ2n) is 5.21. The fourth-order valence-corrected chi connectivity index (χ4v) is 2.48. The molecule has 0 aromatic heterocycles. The fourth-order valence-electron chi connectivity index (χ4n) is 2.48. The van der Waals surface area contributed by atoms with Gasteiger partial charge in [0.2, 0.25) is 0 Å². The van der Waals surface area contributed by atoms with Crippen LogP contribution in [-0.4, -0.2) is 40.9 Å². The van der Waals surface area contributed by atoms with Crippen LogP contribution < -0.4 is 0 Å². The molecule has 0 spiro atoms. The van der Waals surface area contributed by atoms with Crippen LogP contribution in [0, 0.1) is 11.8 Å². The van der Waals surface area contributed by atoms with E-state index in [0.717, 1.165) is 18.7 Å². The van der Waals surface area contributed by atoms with E-state index in [2.05, 4.69) is 22.8 Å². The molecule has 3 heteroatoms. The minimum Gasteiger partial charge on any atom is -0.395 e. The van der Waals surface area contributed by atoms with Gasteiger partial charge in [-0.2, -0.15) is 0 Å². The van der Waals surface area contributed by atoms with Crippen LogP contribution in [0.4, 0.5) is 0 Å². The Bertz CT molecular complexity index is 471. The number of benzene rings is 1. The van der Waals surface area contributed by atoms with Crippen molar-refractivity contribution in [3.8, 4) is 11.8 Å². The minimum absolute atomic E-state index is 0.105. The molecule has 0 saturated heterocycles. The van der Waals surface area contributed by atoms with Gasteiger partial charge in [0.05, 0.1) is 13.2 Å². The van der Waals surface area contributed by atoms with Gasteiger partial charge in [0.25, 0.3) is 0 Å². The number of hydrogen-bond donors (Lipinski definition) is 2. The zero-order chi connectivity index (χ0) is 14.2. The fraction of sp³-hybridized carbons (Fsp3) is 0.529. The molecule has 0 amide bonds. The molecule has 1 aliphatic rings. The third-order valence-electron chi connectivity index (χ3n) is 3.83. The Morgan fingerprint density at radius 1 is 1.15 bits per heavy atom. The van der Waals surface area contributed by atoms with E-state index in [1.165, 1.54) is 24.8 Å². The number of aliphatic hydroxyl groups excluding tert-OH is 2. The van der Waals surface area contributed by atoms with Gasteiger partial charge in [-0.25, -0.2) is 0 Å². The van der Waals surface area contributed by atoms with E-state index in [1.54, 1.807) is 0 Å². The molecule has 1 aromatic rings. The van der Waals surface area contributed by atoms with Crippen LogP contribution >= 0.6 is 0 Å². The molecule has 108 valence electrons. The molecule has 0 aliphatic heterocycles. The maximum absolute atomic E-state index is 9.23. The molecular formula is C17H23NO2. The Labute approximate surface area is 121 Å². The molecule has 0 bridgehead atoms. The Hall–Kier alpha value is -1.34. The van der Waals surface area contributed by atoms with E-state index < -0.39 is 0 Å². The zero-order valence-electron chi connectivity index (χ0n) is 11.9. The Kier molecular flexibility index (Phi) is 6.07. The van der Waals surface area contributed by atoms with Crippen molar-refractivity contribution in [3.05, 3.63) is 35.4 Å². The predicted molar refractivity (Wildman–Crippen MR) is 80.2 cm³/mol. The van der Waals surface area contributed by atoms with Crippen molar-refractivity contribution in [2.24, 2.45) is 0 Å². The molecule has 20 heavy (non-hydrogen) atoms. The van der Waals surface area contributed by atoms with Gasteiger partial charge < -0.3 is 10.2 Å². The van der Waals surface area contributed by atoms with Crippen molar-refractivity contribution in [2.45, 2.75) is 38.3 Å². The first kappa shape index (κ1) is 15.1. The largest absolute Gasteiger partial charge is 0.395 e. The van der Waals surface area contributed by atoms with Crippen molar-refractivity contribution in [1.82, 2.24) is 4.90 Å². The van der Waals surface area contributed by atoms with Gasteiger partial charge in [-0.05, 0) is 24.5 Å². The van der Waals surface area contributed by atoms with Gasteiger partial charge in [0.1, 0.15) is 0 Å². The van der Waals surface area contributed by atoms with E-state index in [1.807, 2.05) is 18.2 Å². The molecule has 1 saturated carbocycles. The van der Waals surface area contributed by atoms with Crippen LogP contribution in [0.3, 0.4) is 0 Å². The van der Waals surface area contributed by atoms with Gasteiger partial charge >= 0.3 is 0 Å². The number of hydrogen-bond acceptors (Lipinski definition) is 3. The van der Waals surface area contributed by atoms with Crippen LogP contribution in [0.5, 0.6) is 0 Å². The highest BCUT2D eigenvalue weighted by molar-refractivity contribution is 5.41. The SMILES string of the molecule is OCCC#Cc1ccccc1CN(CCO)C1CCC1. The van der Waals surface area contributed by atoms with E-state index in [4.69, 9.17) is 5.11 Å². The standard InChI is InChI=1S/C17H23NO2/c19-12-4-3-7-15-6-1-2-8-16(15)14-18(11-13-20)17-9-5-10-17/h1-2,6,8,17,19-20H,4-5,9-14H2. The molecule has 0 heterocycles. The summed E-state index contributed by atoms with van der Waals surface area (Å²) in [5, 5.41) is 18.0. The third-order valence-corrected chi connectivity index (χ3v) is 3.83. The first-order valence-electron chi connectivity index (χ1n) is 7.37. The second-order valence-corrected chi connectivity index (χ2v) is 5.21. The second kappa shape index (κ2) is 8.06. The molecule has 1 fully saturated rings. The first-order chi connectivity index (χ1) is 9.85. The number of aliphatic hydroxyl groups is 2. The van der Waals surface area contributed by atoms with Crippen LogP contribution in [0.1, 0.15) is 36.8 Å². The Morgan fingerprint density at radius 2 is 1.95 bits per heavy atom. The highest BCUT2D eigenvalue weighted by Gasteiger charge is 2.24. The summed E-state index contributed by atoms with van der Waals surface area (Å²) in [6.45, 7) is 1.88. The Morgan fingerprint density at radius 3 is 2.60 bits per heavy atom. The van der Waals surface area contributed by atoms with E-state index in [9.17, 15) is 5.11 Å². The first-order valence-corrected chi connectivity index (χ1v) is 7.37. The maximum atomic E-state index is 9.23. The average Bonchev–Trinajstić information content (AvgIpc) is 2.39. The summed E-state index contributed by atoms with van der Waals surface area (Å²) in [4.78, 5) is 2.36. The number of rotatable bonds is 6. The summed E-state index contributed by atoms with van der Waals surface area (Å²) >= 11 is 0. The summed E-state index contributed by atoms with van der Waals surface area (Å²) in [5.41, 5.74) is 2.24. The monoisotopic (exact) mass is 273 g/mol. The molecular weight excluding hydrogens is 250 g/mol. The highest BCUT2D eigenvalue weighted by atomic mass is 16.3. The van der Waals surface area contributed by atoms with Crippen molar-refractivity contribution >= 4 is 0 Å². The normalized spacial score (nSPS) is 14.8. The van der Waals surface area contributed by atoms with Crippen molar-refractivity contribution in [1.29, 1.82) is 0 Å². The average molecular weight is 273 g/mol. The molecule has 1 aromatic carbocycles. The smallest absolute Gasteiger partial charge is 0.0558 e. The minimum atomic E-state index is 0.105. The van der Waals surface area contributed by atoms with Crippen molar-refractivity contribution < 1.29 is 10.2 Å². The summed E-state index contributed by atoms with van der Waals surface area (Å²) in [6, 6.07) is 8.76. The predicted octanol–water partition coefficient (Wildman–Crippen LogP) is 1.77. The topological polar surface area (TPSA) is 43.7 Å². The zero-order valence-corrected chi connectivity index (χ0v) is 11.9. The highest BCUT2D eigenvalue weighted by Crippen LogP contribution is 2.26. The van der Waals surface area contributed by atoms with E-state index >= 15 is 0 Å². The van der Waals surface area contributed by atoms with Crippen LogP contribution in [0.15, 0.2) is 24.3 Å². The van der Waals surface area contributed by atoms with E-state index in [-0.39, 0.29) is 13.2 Å². The van der Waals surface area contributed by atoms with Crippen LogP contribution in [0.2, 0.25) is 0 Å². The Balaban J connectivity index is 2.08. The van der Waals surface area contributed by atoms with Gasteiger partial charge in [-0.3, -0.25) is 4.90 Å². The van der Waals surface area contributed by atoms with Crippen LogP contribution in [-0.2, 0) is 6.54 Å². The quantitative estimate of drug-likeness (QED) is 0.776. The summed E-state index contributed by atoms with van der Waals surface area (Å²) in [5.74, 6) is 6.12. The van der Waals surface area contributed by atoms with Gasteiger partial charge in [0.15, 0.2) is 0 Å². The molecule has 0 atom stereocenters. The van der Waals surface area contributed by atoms with E-state index in [0.29, 0.717) is 12.5 Å². The van der Waals surface area contributed by atoms with Gasteiger partial charge in [-0.1, -0.05) is 36.5 Å². The summed E-state index contributed by atoms with van der Waals surface area (Å²) in [6.07, 6.45) is 4.28. The lowest BCUT2D eigenvalue weighted by Crippen LogP contribution is -2.41. The lowest BCUT2D eigenvalue weighted by atomic mass is 9.91. The molecule has 2 N–H and O–H groups in total. The third kappa shape index (κ3) is 4.08. The van der Waals surface area contributed by atoms with Crippen molar-refractivity contribution in [2.75, 3.05) is 19.8 Å². The number of nitrogens with zero attached hydrogens (tertiary/aromatic N) is 1. The lowest BCUT2D eigenvalue weighted by molar-refractivity contribution is 0.0945. The van der Waals surface area contributed by atoms with Gasteiger partial charge in [0, 0.05) is 31.1 Å². The van der Waals surface area contributed by atoms with Crippen LogP contribution in [0.25, 0.3) is 0 Å². The molecule has 1 aliphatic carbocycles. The van der Waals surface area contributed by atoms with Crippen molar-refractivity contribution in [3.63, 3.8) is 0 Å². The molecule has 0 radical (unpaired) electrons.